The van der Waals surface area contributed by atoms with Gasteiger partial charge >= 0.3 is 0 Å². The molecule has 6 heteroatoms. The third-order valence-corrected chi connectivity index (χ3v) is 5.54. The number of piperidine rings is 2. The maximum absolute atomic E-state index is 4.75. The number of nitrogens with one attached hydrogen (secondary N) is 2. The Morgan fingerprint density at radius 3 is 2.31 bits per heavy atom. The number of hydrogen-bond acceptors (Lipinski definition) is 3. The lowest BCUT2D eigenvalue weighted by molar-refractivity contribution is 0.190. The first-order chi connectivity index (χ1) is 12.3. The minimum atomic E-state index is 0. The average molecular weight is 479 g/mol. The van der Waals surface area contributed by atoms with Crippen molar-refractivity contribution in [3.63, 3.8) is 0 Å². The van der Waals surface area contributed by atoms with E-state index in [2.05, 4.69) is 34.3 Å². The maximum Gasteiger partial charge on any atom is 0.191 e. The number of halogens is 1. The molecular weight excluding hydrogens is 437 g/mol. The van der Waals surface area contributed by atoms with Gasteiger partial charge in [0, 0.05) is 26.2 Å². The summed E-state index contributed by atoms with van der Waals surface area (Å²) in [6, 6.07) is 0. The monoisotopic (exact) mass is 479 g/mol. The predicted octanol–water partition coefficient (Wildman–Crippen LogP) is 3.16. The summed E-state index contributed by atoms with van der Waals surface area (Å²) < 4.78 is 0. The first-order valence-electron chi connectivity index (χ1n) is 10.7. The fourth-order valence-electron chi connectivity index (χ4n) is 3.78. The van der Waals surface area contributed by atoms with E-state index in [4.69, 9.17) is 4.99 Å². The Hall–Kier alpha value is -0.0800. The van der Waals surface area contributed by atoms with E-state index >= 15 is 0 Å². The van der Waals surface area contributed by atoms with Gasteiger partial charge in [-0.05, 0) is 84.1 Å². The van der Waals surface area contributed by atoms with Crippen LogP contribution in [-0.2, 0) is 0 Å². The zero-order valence-electron chi connectivity index (χ0n) is 17.1. The third kappa shape index (κ3) is 10.3. The van der Waals surface area contributed by atoms with Crippen LogP contribution in [0.25, 0.3) is 0 Å². The average Bonchev–Trinajstić information content (AvgIpc) is 2.64. The van der Waals surface area contributed by atoms with Crippen LogP contribution in [0.15, 0.2) is 4.99 Å². The summed E-state index contributed by atoms with van der Waals surface area (Å²) in [6.07, 6.45) is 9.35. The molecule has 5 nitrogen and oxygen atoms in total. The molecule has 2 fully saturated rings. The molecule has 0 amide bonds. The number of rotatable bonds is 9. The molecule has 2 aliphatic heterocycles. The van der Waals surface area contributed by atoms with E-state index in [1.54, 1.807) is 0 Å². The topological polar surface area (TPSA) is 42.9 Å². The number of nitrogens with zero attached hydrogens (tertiary/aromatic N) is 3. The van der Waals surface area contributed by atoms with Crippen molar-refractivity contribution in [1.82, 2.24) is 20.4 Å². The van der Waals surface area contributed by atoms with Crippen LogP contribution in [0, 0.1) is 5.92 Å². The van der Waals surface area contributed by atoms with Crippen molar-refractivity contribution >= 4 is 29.9 Å². The van der Waals surface area contributed by atoms with Crippen molar-refractivity contribution in [2.45, 2.75) is 58.8 Å². The van der Waals surface area contributed by atoms with Gasteiger partial charge in [-0.2, -0.15) is 0 Å². The van der Waals surface area contributed by atoms with Crippen molar-refractivity contribution in [1.29, 1.82) is 0 Å². The molecular formula is C20H42IN5. The zero-order chi connectivity index (χ0) is 17.7. The Bertz CT molecular complexity index is 363. The summed E-state index contributed by atoms with van der Waals surface area (Å²) in [7, 11) is 0. The second-order valence-electron chi connectivity index (χ2n) is 7.82. The summed E-state index contributed by atoms with van der Waals surface area (Å²) in [5.41, 5.74) is 0. The fourth-order valence-corrected chi connectivity index (χ4v) is 3.78. The van der Waals surface area contributed by atoms with Gasteiger partial charge in [-0.1, -0.05) is 13.3 Å². The standard InChI is InChI=1S/C20H41N5.HI/c1-3-21-20(23-12-18-24-13-6-4-7-14-24)22-11-5-8-15-25-16-9-19(2)10-17-25;/h19H,3-18H2,1-2H3,(H2,21,22,23);1H. The van der Waals surface area contributed by atoms with E-state index in [9.17, 15) is 0 Å². The van der Waals surface area contributed by atoms with Crippen LogP contribution in [0.2, 0.25) is 0 Å². The van der Waals surface area contributed by atoms with Crippen LogP contribution in [0.3, 0.4) is 0 Å². The molecule has 0 spiro atoms. The first kappa shape index (κ1) is 24.0. The van der Waals surface area contributed by atoms with Crippen molar-refractivity contribution in [2.75, 3.05) is 58.9 Å². The number of guanidine groups is 1. The molecule has 0 radical (unpaired) electrons. The van der Waals surface area contributed by atoms with Gasteiger partial charge in [0.1, 0.15) is 0 Å². The Morgan fingerprint density at radius 1 is 0.923 bits per heavy atom. The third-order valence-electron chi connectivity index (χ3n) is 5.54. The smallest absolute Gasteiger partial charge is 0.191 e. The molecule has 0 atom stereocenters. The lowest BCUT2D eigenvalue weighted by Crippen LogP contribution is -2.42. The zero-order valence-corrected chi connectivity index (χ0v) is 19.5. The number of unbranched alkanes of at least 4 members (excludes halogenated alkanes) is 1. The van der Waals surface area contributed by atoms with Gasteiger partial charge in [-0.3, -0.25) is 4.99 Å². The van der Waals surface area contributed by atoms with Gasteiger partial charge in [0.25, 0.3) is 0 Å². The Morgan fingerprint density at radius 2 is 1.62 bits per heavy atom. The Labute approximate surface area is 178 Å². The van der Waals surface area contributed by atoms with Crippen LogP contribution < -0.4 is 10.6 Å². The summed E-state index contributed by atoms with van der Waals surface area (Å²) in [5.74, 6) is 1.92. The minimum Gasteiger partial charge on any atom is -0.357 e. The largest absolute Gasteiger partial charge is 0.357 e. The second-order valence-corrected chi connectivity index (χ2v) is 7.82. The SMILES string of the molecule is CCNC(=NCCCCN1CCC(C)CC1)NCCN1CCCCC1.I. The summed E-state index contributed by atoms with van der Waals surface area (Å²) in [4.78, 5) is 9.95. The number of hydrogen-bond donors (Lipinski definition) is 2. The minimum absolute atomic E-state index is 0. The molecule has 2 heterocycles. The molecule has 26 heavy (non-hydrogen) atoms. The quantitative estimate of drug-likeness (QED) is 0.231. The van der Waals surface area contributed by atoms with Gasteiger partial charge in [0.05, 0.1) is 0 Å². The molecule has 2 aliphatic rings. The van der Waals surface area contributed by atoms with Crippen LogP contribution in [-0.4, -0.2) is 74.7 Å². The highest BCUT2D eigenvalue weighted by atomic mass is 127. The van der Waals surface area contributed by atoms with Gasteiger partial charge in [-0.25, -0.2) is 0 Å². The van der Waals surface area contributed by atoms with E-state index in [-0.39, 0.29) is 24.0 Å². The molecule has 0 aromatic carbocycles. The lowest BCUT2D eigenvalue weighted by Gasteiger charge is -2.30. The van der Waals surface area contributed by atoms with Crippen LogP contribution in [0.1, 0.15) is 58.8 Å². The van der Waals surface area contributed by atoms with E-state index in [1.165, 1.54) is 77.7 Å². The fraction of sp³-hybridized carbons (Fsp3) is 0.950. The van der Waals surface area contributed by atoms with Crippen molar-refractivity contribution in [3.8, 4) is 0 Å². The Kier molecular flexibility index (Phi) is 13.7. The van der Waals surface area contributed by atoms with Gasteiger partial charge in [0.2, 0.25) is 0 Å². The van der Waals surface area contributed by atoms with Gasteiger partial charge < -0.3 is 20.4 Å². The summed E-state index contributed by atoms with van der Waals surface area (Å²) in [6.45, 7) is 14.9. The van der Waals surface area contributed by atoms with Gasteiger partial charge in [0.15, 0.2) is 5.96 Å². The molecule has 2 rings (SSSR count). The van der Waals surface area contributed by atoms with Crippen molar-refractivity contribution < 1.29 is 0 Å². The van der Waals surface area contributed by atoms with E-state index in [0.29, 0.717) is 0 Å². The molecule has 0 unspecified atom stereocenters. The summed E-state index contributed by atoms with van der Waals surface area (Å²) >= 11 is 0. The molecule has 0 saturated carbocycles. The maximum atomic E-state index is 4.75. The summed E-state index contributed by atoms with van der Waals surface area (Å²) in [5, 5.41) is 6.88. The highest BCUT2D eigenvalue weighted by Gasteiger charge is 2.14. The first-order valence-corrected chi connectivity index (χ1v) is 10.7. The molecule has 154 valence electrons. The van der Waals surface area contributed by atoms with E-state index in [0.717, 1.165) is 38.1 Å². The van der Waals surface area contributed by atoms with Crippen LogP contribution >= 0.6 is 24.0 Å². The molecule has 0 aromatic heterocycles. The Balaban J connectivity index is 0.00000338. The van der Waals surface area contributed by atoms with Crippen molar-refractivity contribution in [3.05, 3.63) is 0 Å². The molecule has 0 bridgehead atoms. The molecule has 0 aliphatic carbocycles. The molecule has 2 saturated heterocycles. The van der Waals surface area contributed by atoms with Crippen molar-refractivity contribution in [2.24, 2.45) is 10.9 Å². The van der Waals surface area contributed by atoms with Crippen LogP contribution in [0.4, 0.5) is 0 Å². The highest BCUT2D eigenvalue weighted by molar-refractivity contribution is 14.0. The predicted molar refractivity (Wildman–Crippen MR) is 124 cm³/mol. The molecule has 0 aromatic rings. The normalized spacial score (nSPS) is 20.6. The molecule has 2 N–H and O–H groups in total. The number of aliphatic imine (C=N–C) groups is 1. The van der Waals surface area contributed by atoms with Gasteiger partial charge in [-0.15, -0.1) is 24.0 Å². The van der Waals surface area contributed by atoms with Crippen LogP contribution in [0.5, 0.6) is 0 Å². The lowest BCUT2D eigenvalue weighted by atomic mass is 9.99. The van der Waals surface area contributed by atoms with E-state index in [1.807, 2.05) is 0 Å². The second kappa shape index (κ2) is 14.9. The van der Waals surface area contributed by atoms with E-state index < -0.39 is 0 Å². The number of likely N-dealkylation sites (tertiary alicyclic amines) is 2. The highest BCUT2D eigenvalue weighted by Crippen LogP contribution is 2.16.